The number of aryl methyl sites for hydroxylation is 1. The normalized spacial score (nSPS) is 11.6. The van der Waals surface area contributed by atoms with Crippen molar-refractivity contribution in [3.05, 3.63) is 108 Å². The van der Waals surface area contributed by atoms with Gasteiger partial charge in [-0.3, -0.25) is 9.78 Å². The topological polar surface area (TPSA) is 51.2 Å². The first kappa shape index (κ1) is 21.3. The van der Waals surface area contributed by atoms with Gasteiger partial charge >= 0.3 is 0 Å². The number of hydrogen-bond donors (Lipinski definition) is 1. The number of pyridine rings is 1. The molecular formula is C28H26N2O2. The van der Waals surface area contributed by atoms with Crippen molar-refractivity contribution in [2.75, 3.05) is 7.11 Å². The van der Waals surface area contributed by atoms with E-state index >= 15 is 0 Å². The summed E-state index contributed by atoms with van der Waals surface area (Å²) in [6.07, 6.45) is 1.65. The maximum atomic E-state index is 13.0. The first-order chi connectivity index (χ1) is 15.5. The van der Waals surface area contributed by atoms with E-state index in [1.807, 2.05) is 79.7 Å². The molecule has 1 heterocycles. The molecule has 3 aromatic carbocycles. The number of methoxy groups -OCH3 is 1. The molecule has 0 radical (unpaired) electrons. The number of amides is 1. The Balaban J connectivity index is 1.72. The summed E-state index contributed by atoms with van der Waals surface area (Å²) >= 11 is 0. The number of benzene rings is 3. The number of ether oxygens (including phenoxy) is 1. The highest BCUT2D eigenvalue weighted by molar-refractivity contribution is 5.97. The van der Waals surface area contributed by atoms with Crippen molar-refractivity contribution < 1.29 is 9.53 Å². The van der Waals surface area contributed by atoms with Gasteiger partial charge in [0.05, 0.1) is 24.4 Å². The summed E-state index contributed by atoms with van der Waals surface area (Å²) in [6.45, 7) is 4.04. The molecule has 0 aliphatic rings. The Bertz CT molecular complexity index is 1220. The average molecular weight is 423 g/mol. The Morgan fingerprint density at radius 3 is 2.34 bits per heavy atom. The van der Waals surface area contributed by atoms with Crippen LogP contribution in [0.15, 0.2) is 91.1 Å². The van der Waals surface area contributed by atoms with Crippen LogP contribution < -0.4 is 10.1 Å². The Kier molecular flexibility index (Phi) is 6.31. The molecule has 4 heteroatoms. The van der Waals surface area contributed by atoms with Crippen molar-refractivity contribution >= 4 is 5.91 Å². The Morgan fingerprint density at radius 2 is 1.66 bits per heavy atom. The van der Waals surface area contributed by atoms with E-state index in [1.165, 1.54) is 0 Å². The number of nitrogens with zero attached hydrogens (tertiary/aromatic N) is 1. The van der Waals surface area contributed by atoms with E-state index in [4.69, 9.17) is 9.72 Å². The molecule has 1 atom stereocenters. The summed E-state index contributed by atoms with van der Waals surface area (Å²) in [4.78, 5) is 17.8. The van der Waals surface area contributed by atoms with Gasteiger partial charge in [0.2, 0.25) is 0 Å². The fourth-order valence-corrected chi connectivity index (χ4v) is 3.71. The van der Waals surface area contributed by atoms with E-state index < -0.39 is 0 Å². The van der Waals surface area contributed by atoms with Crippen LogP contribution in [0, 0.1) is 6.92 Å². The molecule has 0 fully saturated rings. The lowest BCUT2D eigenvalue weighted by molar-refractivity contribution is 0.0939. The van der Waals surface area contributed by atoms with Gasteiger partial charge in [0.25, 0.3) is 5.91 Å². The summed E-state index contributed by atoms with van der Waals surface area (Å²) in [5.74, 6) is 0.629. The first-order valence-corrected chi connectivity index (χ1v) is 10.6. The van der Waals surface area contributed by atoms with Crippen molar-refractivity contribution in [2.45, 2.75) is 19.9 Å². The van der Waals surface area contributed by atoms with Crippen LogP contribution in [0.5, 0.6) is 5.75 Å². The zero-order valence-electron chi connectivity index (χ0n) is 18.5. The lowest BCUT2D eigenvalue weighted by Crippen LogP contribution is -2.26. The van der Waals surface area contributed by atoms with Gasteiger partial charge in [-0.2, -0.15) is 0 Å². The lowest BCUT2D eigenvalue weighted by atomic mass is 9.96. The van der Waals surface area contributed by atoms with Crippen molar-refractivity contribution in [3.63, 3.8) is 0 Å². The van der Waals surface area contributed by atoms with Gasteiger partial charge in [-0.05, 0) is 49.2 Å². The minimum absolute atomic E-state index is 0.107. The number of carbonyl (C=O) groups excluding carboxylic acids is 1. The van der Waals surface area contributed by atoms with Crippen LogP contribution in [0.3, 0.4) is 0 Å². The van der Waals surface area contributed by atoms with Gasteiger partial charge in [0, 0.05) is 17.3 Å². The molecule has 1 N–H and O–H groups in total. The van der Waals surface area contributed by atoms with Crippen LogP contribution >= 0.6 is 0 Å². The zero-order chi connectivity index (χ0) is 22.5. The minimum Gasteiger partial charge on any atom is -0.497 e. The van der Waals surface area contributed by atoms with E-state index in [0.29, 0.717) is 5.56 Å². The Morgan fingerprint density at radius 1 is 0.906 bits per heavy atom. The second-order valence-electron chi connectivity index (χ2n) is 7.82. The largest absolute Gasteiger partial charge is 0.497 e. The predicted molar refractivity (Wildman–Crippen MR) is 129 cm³/mol. The molecule has 4 rings (SSSR count). The van der Waals surface area contributed by atoms with Crippen LogP contribution in [-0.2, 0) is 0 Å². The number of rotatable bonds is 6. The van der Waals surface area contributed by atoms with Crippen molar-refractivity contribution in [3.8, 4) is 28.1 Å². The first-order valence-electron chi connectivity index (χ1n) is 10.6. The molecule has 0 spiro atoms. The monoisotopic (exact) mass is 422 g/mol. The van der Waals surface area contributed by atoms with Gasteiger partial charge < -0.3 is 10.1 Å². The van der Waals surface area contributed by atoms with Crippen molar-refractivity contribution in [2.24, 2.45) is 0 Å². The molecule has 1 aromatic heterocycles. The maximum Gasteiger partial charge on any atom is 0.253 e. The second kappa shape index (κ2) is 9.48. The van der Waals surface area contributed by atoms with E-state index in [0.717, 1.165) is 39.3 Å². The molecule has 0 aliphatic carbocycles. The van der Waals surface area contributed by atoms with E-state index in [9.17, 15) is 4.79 Å². The molecule has 160 valence electrons. The Labute approximate surface area is 188 Å². The summed E-state index contributed by atoms with van der Waals surface area (Å²) in [5.41, 5.74) is 6.46. The van der Waals surface area contributed by atoms with Crippen molar-refractivity contribution in [1.29, 1.82) is 0 Å². The Hall–Kier alpha value is -3.92. The quantitative estimate of drug-likeness (QED) is 0.401. The van der Waals surface area contributed by atoms with Gasteiger partial charge in [-0.15, -0.1) is 0 Å². The van der Waals surface area contributed by atoms with E-state index in [-0.39, 0.29) is 11.9 Å². The van der Waals surface area contributed by atoms with Crippen molar-refractivity contribution in [1.82, 2.24) is 10.3 Å². The molecule has 0 bridgehead atoms. The summed E-state index contributed by atoms with van der Waals surface area (Å²) < 4.78 is 5.30. The molecular weight excluding hydrogens is 396 g/mol. The standard InChI is InChI=1S/C28H26N2O2/c1-19-8-7-11-23(16-19)27-26(22-12-14-25(32-3)15-13-22)17-24(18-29-27)28(31)30-20(2)21-9-5-4-6-10-21/h4-18,20H,1-3H3,(H,30,31)/t20-/m0/s1. The zero-order valence-corrected chi connectivity index (χ0v) is 18.5. The van der Waals surface area contributed by atoms with Crippen LogP contribution in [0.2, 0.25) is 0 Å². The molecule has 0 saturated carbocycles. The van der Waals surface area contributed by atoms with Gasteiger partial charge in [-0.1, -0.05) is 66.2 Å². The molecule has 32 heavy (non-hydrogen) atoms. The van der Waals surface area contributed by atoms with Crippen LogP contribution in [-0.4, -0.2) is 18.0 Å². The number of hydrogen-bond acceptors (Lipinski definition) is 3. The van der Waals surface area contributed by atoms with Crippen LogP contribution in [0.25, 0.3) is 22.4 Å². The fraction of sp³-hybridized carbons (Fsp3) is 0.143. The van der Waals surface area contributed by atoms with Crippen LogP contribution in [0.4, 0.5) is 0 Å². The molecule has 1 amide bonds. The SMILES string of the molecule is COc1ccc(-c2cc(C(=O)N[C@@H](C)c3ccccc3)cnc2-c2cccc(C)c2)cc1. The number of aromatic nitrogens is 1. The lowest BCUT2D eigenvalue weighted by Gasteiger charge is -2.16. The van der Waals surface area contributed by atoms with Gasteiger partial charge in [0.1, 0.15) is 5.75 Å². The molecule has 0 aliphatic heterocycles. The molecule has 0 unspecified atom stereocenters. The maximum absolute atomic E-state index is 13.0. The summed E-state index contributed by atoms with van der Waals surface area (Å²) in [7, 11) is 1.65. The number of carbonyl (C=O) groups is 1. The highest BCUT2D eigenvalue weighted by Gasteiger charge is 2.16. The van der Waals surface area contributed by atoms with Crippen LogP contribution in [0.1, 0.15) is 34.5 Å². The summed E-state index contributed by atoms with van der Waals surface area (Å²) in [5, 5.41) is 3.08. The molecule has 4 nitrogen and oxygen atoms in total. The molecule has 4 aromatic rings. The summed E-state index contributed by atoms with van der Waals surface area (Å²) in [6, 6.07) is 27.8. The third-order valence-electron chi connectivity index (χ3n) is 5.49. The second-order valence-corrected chi connectivity index (χ2v) is 7.82. The smallest absolute Gasteiger partial charge is 0.253 e. The fourth-order valence-electron chi connectivity index (χ4n) is 3.71. The highest BCUT2D eigenvalue weighted by Crippen LogP contribution is 2.32. The third-order valence-corrected chi connectivity index (χ3v) is 5.49. The number of nitrogens with one attached hydrogen (secondary N) is 1. The minimum atomic E-state index is -0.153. The van der Waals surface area contributed by atoms with Gasteiger partial charge in [-0.25, -0.2) is 0 Å². The third kappa shape index (κ3) is 4.70. The molecule has 0 saturated heterocycles. The van der Waals surface area contributed by atoms with E-state index in [1.54, 1.807) is 13.3 Å². The average Bonchev–Trinajstić information content (AvgIpc) is 2.84. The van der Waals surface area contributed by atoms with Gasteiger partial charge in [0.15, 0.2) is 0 Å². The van der Waals surface area contributed by atoms with E-state index in [2.05, 4.69) is 24.4 Å². The predicted octanol–water partition coefficient (Wildman–Crippen LogP) is 6.22. The highest BCUT2D eigenvalue weighted by atomic mass is 16.5.